The Kier molecular flexibility index (Phi) is 43.5. The Morgan fingerprint density at radius 1 is 0.446 bits per heavy atom. The monoisotopic (exact) mass is 772 g/mol. The van der Waals surface area contributed by atoms with E-state index >= 15 is 0 Å². The predicted octanol–water partition coefficient (Wildman–Crippen LogP) is 14.6. The summed E-state index contributed by atoms with van der Waals surface area (Å²) in [4.78, 5) is 12.4. The lowest BCUT2D eigenvalue weighted by molar-refractivity contribution is -0.123. The SMILES string of the molecule is CC/C=C\C/C=C\C/C=C\C/C=C\C/C=C\C/C=C\C/C=C\CCCCCCCCCC(=O)NC(CO)C(O)/C=C/CC/C=C/CC/C=C/CCCCCCC. The fraction of sp³-hybridized carbons (Fsp3) is 0.596. The molecule has 56 heavy (non-hydrogen) atoms. The van der Waals surface area contributed by atoms with Crippen LogP contribution in [0.3, 0.4) is 0 Å². The molecule has 316 valence electrons. The van der Waals surface area contributed by atoms with Crippen LogP contribution in [0.2, 0.25) is 0 Å². The van der Waals surface area contributed by atoms with Gasteiger partial charge in [-0.05, 0) is 103 Å². The minimum Gasteiger partial charge on any atom is -0.394 e. The third-order valence-electron chi connectivity index (χ3n) is 9.41. The first-order valence-corrected chi connectivity index (χ1v) is 22.7. The molecule has 4 heteroatoms. The van der Waals surface area contributed by atoms with Crippen LogP contribution in [0.4, 0.5) is 0 Å². The summed E-state index contributed by atoms with van der Waals surface area (Å²) in [6, 6.07) is -0.660. The Labute approximate surface area is 346 Å². The van der Waals surface area contributed by atoms with Crippen molar-refractivity contribution in [1.29, 1.82) is 0 Å². The Bertz CT molecular complexity index is 1150. The van der Waals surface area contributed by atoms with Crippen molar-refractivity contribution in [3.05, 3.63) is 122 Å². The summed E-state index contributed by atoms with van der Waals surface area (Å²) in [5.41, 5.74) is 0. The van der Waals surface area contributed by atoms with Crippen molar-refractivity contribution in [3.8, 4) is 0 Å². The quantitative estimate of drug-likeness (QED) is 0.0430. The molecule has 3 N–H and O–H groups in total. The van der Waals surface area contributed by atoms with Gasteiger partial charge >= 0.3 is 0 Å². The van der Waals surface area contributed by atoms with Gasteiger partial charge in [0.2, 0.25) is 5.91 Å². The lowest BCUT2D eigenvalue weighted by Crippen LogP contribution is -2.45. The molecule has 2 atom stereocenters. The minimum atomic E-state index is -0.883. The Morgan fingerprint density at radius 2 is 0.804 bits per heavy atom. The zero-order valence-corrected chi connectivity index (χ0v) is 36.1. The molecule has 0 radical (unpaired) electrons. The molecule has 0 bridgehead atoms. The third-order valence-corrected chi connectivity index (χ3v) is 9.41. The van der Waals surface area contributed by atoms with E-state index in [0.29, 0.717) is 6.42 Å². The first-order chi connectivity index (χ1) is 27.7. The van der Waals surface area contributed by atoms with Gasteiger partial charge in [0.05, 0.1) is 18.8 Å². The topological polar surface area (TPSA) is 69.6 Å². The number of rotatable bonds is 39. The van der Waals surface area contributed by atoms with Gasteiger partial charge < -0.3 is 15.5 Å². The van der Waals surface area contributed by atoms with Crippen LogP contribution >= 0.6 is 0 Å². The minimum absolute atomic E-state index is 0.0965. The predicted molar refractivity (Wildman–Crippen MR) is 248 cm³/mol. The number of aliphatic hydroxyl groups is 2. The van der Waals surface area contributed by atoms with Gasteiger partial charge in [-0.3, -0.25) is 4.79 Å². The second kappa shape index (κ2) is 46.2. The van der Waals surface area contributed by atoms with Crippen LogP contribution in [-0.4, -0.2) is 34.9 Å². The number of hydrogen-bond donors (Lipinski definition) is 3. The standard InChI is InChI=1S/C52H85NO3/c1-3-5-7-9-11-13-15-17-19-20-21-22-23-24-25-26-27-28-29-30-31-32-34-36-38-40-42-44-46-48-52(56)53-50(49-54)51(55)47-45-43-41-39-37-35-33-18-16-14-12-10-8-6-4-2/h5,7,11,13,16-19,21-22,24-25,27-28,30-31,37,39,45,47,50-51,54-55H,3-4,6,8-10,12,14-15,20,23,26,29,32-36,38,40-44,46,48-49H2,1-2H3,(H,53,56)/b7-5-,13-11-,18-16+,19-17-,22-21-,25-24-,28-27-,31-30-,39-37+,47-45+. The van der Waals surface area contributed by atoms with E-state index in [-0.39, 0.29) is 12.5 Å². The molecule has 0 rings (SSSR count). The third kappa shape index (κ3) is 41.9. The molecule has 2 unspecified atom stereocenters. The van der Waals surface area contributed by atoms with Crippen molar-refractivity contribution in [2.45, 2.75) is 193 Å². The molecule has 1 amide bonds. The maximum atomic E-state index is 12.4. The number of allylic oxidation sites excluding steroid dienone is 19. The molecule has 0 fully saturated rings. The van der Waals surface area contributed by atoms with E-state index in [1.54, 1.807) is 6.08 Å². The number of nitrogens with one attached hydrogen (secondary N) is 1. The number of amides is 1. The zero-order chi connectivity index (χ0) is 40.7. The van der Waals surface area contributed by atoms with E-state index < -0.39 is 12.1 Å². The summed E-state index contributed by atoms with van der Waals surface area (Å²) in [5.74, 6) is -0.0965. The number of carbonyl (C=O) groups excluding carboxylic acids is 1. The molecule has 0 aliphatic carbocycles. The number of hydrogen-bond acceptors (Lipinski definition) is 3. The van der Waals surface area contributed by atoms with Gasteiger partial charge in [0, 0.05) is 6.42 Å². The largest absolute Gasteiger partial charge is 0.394 e. The first-order valence-electron chi connectivity index (χ1n) is 22.7. The molecule has 0 saturated heterocycles. The van der Waals surface area contributed by atoms with Gasteiger partial charge in [-0.1, -0.05) is 193 Å². The highest BCUT2D eigenvalue weighted by Crippen LogP contribution is 2.11. The van der Waals surface area contributed by atoms with E-state index in [4.69, 9.17) is 0 Å². The second-order valence-corrected chi connectivity index (χ2v) is 14.7. The molecule has 0 aromatic rings. The average molecular weight is 772 g/mol. The highest BCUT2D eigenvalue weighted by atomic mass is 16.3. The molecule has 4 nitrogen and oxygen atoms in total. The van der Waals surface area contributed by atoms with Gasteiger partial charge in [-0.2, -0.15) is 0 Å². The van der Waals surface area contributed by atoms with Crippen LogP contribution in [0.5, 0.6) is 0 Å². The summed E-state index contributed by atoms with van der Waals surface area (Å²) in [6.45, 7) is 4.14. The summed E-state index contributed by atoms with van der Waals surface area (Å²) in [7, 11) is 0. The summed E-state index contributed by atoms with van der Waals surface area (Å²) < 4.78 is 0. The van der Waals surface area contributed by atoms with E-state index in [0.717, 1.165) is 96.3 Å². The second-order valence-electron chi connectivity index (χ2n) is 14.7. The van der Waals surface area contributed by atoms with Gasteiger partial charge in [0.15, 0.2) is 0 Å². The Morgan fingerprint density at radius 3 is 1.25 bits per heavy atom. The fourth-order valence-corrected chi connectivity index (χ4v) is 5.95. The normalized spacial score (nSPS) is 14.1. The Balaban J connectivity index is 3.71. The van der Waals surface area contributed by atoms with Crippen molar-refractivity contribution >= 4 is 5.91 Å². The van der Waals surface area contributed by atoms with Crippen molar-refractivity contribution in [2.75, 3.05) is 6.61 Å². The molecule has 0 aromatic carbocycles. The number of aliphatic hydroxyl groups excluding tert-OH is 2. The lowest BCUT2D eigenvalue weighted by atomic mass is 10.1. The van der Waals surface area contributed by atoms with Crippen LogP contribution in [0.25, 0.3) is 0 Å². The van der Waals surface area contributed by atoms with Crippen LogP contribution in [0.1, 0.15) is 181 Å². The summed E-state index contributed by atoms with van der Waals surface area (Å²) in [6.07, 6.45) is 71.6. The molecule has 0 spiro atoms. The van der Waals surface area contributed by atoms with Gasteiger partial charge in [-0.15, -0.1) is 0 Å². The molecule has 0 saturated carbocycles. The number of carbonyl (C=O) groups is 1. The molecular formula is C52H85NO3. The van der Waals surface area contributed by atoms with Crippen molar-refractivity contribution in [3.63, 3.8) is 0 Å². The molecule has 0 aromatic heterocycles. The van der Waals surface area contributed by atoms with Crippen LogP contribution in [-0.2, 0) is 4.79 Å². The molecule has 0 aliphatic heterocycles. The van der Waals surface area contributed by atoms with Crippen LogP contribution < -0.4 is 5.32 Å². The maximum Gasteiger partial charge on any atom is 0.220 e. The van der Waals surface area contributed by atoms with E-state index in [2.05, 4.69) is 129 Å². The first kappa shape index (κ1) is 52.8. The molecule has 0 aliphatic rings. The van der Waals surface area contributed by atoms with Crippen LogP contribution in [0, 0.1) is 0 Å². The molecule has 0 heterocycles. The van der Waals surface area contributed by atoms with Gasteiger partial charge in [0.25, 0.3) is 0 Å². The number of unbranched alkanes of at least 4 members (excludes halogenated alkanes) is 14. The van der Waals surface area contributed by atoms with Crippen molar-refractivity contribution in [1.82, 2.24) is 5.32 Å². The zero-order valence-electron chi connectivity index (χ0n) is 36.1. The van der Waals surface area contributed by atoms with Gasteiger partial charge in [-0.25, -0.2) is 0 Å². The van der Waals surface area contributed by atoms with Crippen molar-refractivity contribution < 1.29 is 15.0 Å². The van der Waals surface area contributed by atoms with E-state index in [9.17, 15) is 15.0 Å². The smallest absolute Gasteiger partial charge is 0.220 e. The van der Waals surface area contributed by atoms with Crippen LogP contribution in [0.15, 0.2) is 122 Å². The summed E-state index contributed by atoms with van der Waals surface area (Å²) in [5, 5.41) is 23.0. The summed E-state index contributed by atoms with van der Waals surface area (Å²) >= 11 is 0. The molecular weight excluding hydrogens is 687 g/mol. The fourth-order valence-electron chi connectivity index (χ4n) is 5.95. The highest BCUT2D eigenvalue weighted by molar-refractivity contribution is 5.76. The highest BCUT2D eigenvalue weighted by Gasteiger charge is 2.17. The maximum absolute atomic E-state index is 12.4. The van der Waals surface area contributed by atoms with E-state index in [1.807, 2.05) is 6.08 Å². The van der Waals surface area contributed by atoms with Gasteiger partial charge in [0.1, 0.15) is 0 Å². The van der Waals surface area contributed by atoms with E-state index in [1.165, 1.54) is 64.2 Å². The van der Waals surface area contributed by atoms with Crippen molar-refractivity contribution in [2.24, 2.45) is 0 Å². The lowest BCUT2D eigenvalue weighted by Gasteiger charge is -2.19. The Hall–Kier alpha value is -3.21. The average Bonchev–Trinajstić information content (AvgIpc) is 3.20.